The predicted octanol–water partition coefficient (Wildman–Crippen LogP) is 1.66. The van der Waals surface area contributed by atoms with Crippen LogP contribution in [0.2, 0.25) is 0 Å². The highest BCUT2D eigenvalue weighted by atomic mass is 16.9. The van der Waals surface area contributed by atoms with E-state index in [9.17, 15) is 0 Å². The standard InChI is InChI=1S/C21H38NO7/c1-6-22(9-12-23-13-10-22)8-7-11-24-14-15-16-17(27-20(2,3)26-16)18-19(25-15)29-21(4,5)28-18/h15-19H,6-14H2,1-5H3/q+1. The van der Waals surface area contributed by atoms with Gasteiger partial charge in [0.15, 0.2) is 17.9 Å². The maximum absolute atomic E-state index is 6.19. The van der Waals surface area contributed by atoms with Crippen LogP contribution >= 0.6 is 0 Å². The minimum Gasteiger partial charge on any atom is -0.378 e. The van der Waals surface area contributed by atoms with Crippen LogP contribution < -0.4 is 0 Å². The first-order valence-corrected chi connectivity index (χ1v) is 11.1. The van der Waals surface area contributed by atoms with Gasteiger partial charge in [-0.2, -0.15) is 0 Å². The van der Waals surface area contributed by atoms with Crippen LogP contribution in [0, 0.1) is 0 Å². The molecule has 4 fully saturated rings. The summed E-state index contributed by atoms with van der Waals surface area (Å²) >= 11 is 0. The van der Waals surface area contributed by atoms with Gasteiger partial charge in [-0.15, -0.1) is 0 Å². The molecule has 0 radical (unpaired) electrons. The van der Waals surface area contributed by atoms with E-state index in [0.717, 1.165) is 50.3 Å². The van der Waals surface area contributed by atoms with Crippen molar-refractivity contribution in [3.63, 3.8) is 0 Å². The fourth-order valence-corrected chi connectivity index (χ4v) is 4.96. The molecule has 0 N–H and O–H groups in total. The summed E-state index contributed by atoms with van der Waals surface area (Å²) in [5, 5.41) is 0. The van der Waals surface area contributed by atoms with Crippen molar-refractivity contribution in [3.05, 3.63) is 0 Å². The van der Waals surface area contributed by atoms with Gasteiger partial charge in [0, 0.05) is 6.42 Å². The van der Waals surface area contributed by atoms with Crippen LogP contribution in [-0.2, 0) is 33.2 Å². The summed E-state index contributed by atoms with van der Waals surface area (Å²) in [6, 6.07) is 0. The zero-order valence-corrected chi connectivity index (χ0v) is 18.6. The largest absolute Gasteiger partial charge is 0.378 e. The molecular weight excluding hydrogens is 378 g/mol. The Hall–Kier alpha value is -0.320. The van der Waals surface area contributed by atoms with Crippen molar-refractivity contribution in [1.29, 1.82) is 0 Å². The van der Waals surface area contributed by atoms with Crippen molar-refractivity contribution in [1.82, 2.24) is 0 Å². The third-order valence-electron chi connectivity index (χ3n) is 6.54. The Morgan fingerprint density at radius 3 is 2.28 bits per heavy atom. The summed E-state index contributed by atoms with van der Waals surface area (Å²) in [6.07, 6.45) is -0.407. The van der Waals surface area contributed by atoms with Crippen LogP contribution in [0.4, 0.5) is 0 Å². The number of morpholine rings is 1. The Morgan fingerprint density at radius 1 is 0.897 bits per heavy atom. The van der Waals surface area contributed by atoms with Crippen molar-refractivity contribution >= 4 is 0 Å². The van der Waals surface area contributed by atoms with E-state index in [1.54, 1.807) is 0 Å². The monoisotopic (exact) mass is 416 g/mol. The molecule has 0 aliphatic carbocycles. The Balaban J connectivity index is 1.29. The Bertz CT molecular complexity index is 563. The fraction of sp³-hybridized carbons (Fsp3) is 1.00. The van der Waals surface area contributed by atoms with Gasteiger partial charge in [-0.3, -0.25) is 0 Å². The third kappa shape index (κ3) is 4.80. The quantitative estimate of drug-likeness (QED) is 0.462. The molecule has 5 unspecified atom stereocenters. The summed E-state index contributed by atoms with van der Waals surface area (Å²) in [4.78, 5) is 0. The molecule has 0 aromatic carbocycles. The topological polar surface area (TPSA) is 64.6 Å². The number of quaternary nitrogens is 1. The molecule has 5 atom stereocenters. The first-order chi connectivity index (χ1) is 13.7. The molecule has 4 aliphatic rings. The molecule has 168 valence electrons. The SMILES string of the molecule is CC[N+]1(CCCOCC2OC3OC(C)(C)OC3C3OC(C)(C)OC23)CCOCC1. The lowest BCUT2D eigenvalue weighted by atomic mass is 9.99. The summed E-state index contributed by atoms with van der Waals surface area (Å²) < 4.78 is 43.2. The highest BCUT2D eigenvalue weighted by Gasteiger charge is 2.60. The molecule has 4 aliphatic heterocycles. The lowest BCUT2D eigenvalue weighted by Crippen LogP contribution is -2.56. The van der Waals surface area contributed by atoms with Crippen molar-refractivity contribution in [3.8, 4) is 0 Å². The van der Waals surface area contributed by atoms with Gasteiger partial charge >= 0.3 is 0 Å². The Labute approximate surface area is 174 Å². The number of fused-ring (bicyclic) bond motifs is 3. The molecule has 0 saturated carbocycles. The summed E-state index contributed by atoms with van der Waals surface area (Å²) in [5.41, 5.74) is 0. The van der Waals surface area contributed by atoms with Crippen LogP contribution in [0.25, 0.3) is 0 Å². The molecule has 4 heterocycles. The first-order valence-electron chi connectivity index (χ1n) is 11.1. The molecule has 0 amide bonds. The van der Waals surface area contributed by atoms with Crippen LogP contribution in [-0.4, -0.2) is 99.4 Å². The van der Waals surface area contributed by atoms with Crippen LogP contribution in [0.5, 0.6) is 0 Å². The highest BCUT2D eigenvalue weighted by Crippen LogP contribution is 2.44. The van der Waals surface area contributed by atoms with E-state index in [4.69, 9.17) is 33.2 Å². The summed E-state index contributed by atoms with van der Waals surface area (Å²) in [7, 11) is 0. The zero-order chi connectivity index (χ0) is 20.7. The number of hydrogen-bond donors (Lipinski definition) is 0. The average Bonchev–Trinajstić information content (AvgIpc) is 3.16. The molecule has 8 heteroatoms. The fourth-order valence-electron chi connectivity index (χ4n) is 4.96. The second kappa shape index (κ2) is 8.31. The number of hydrogen-bond acceptors (Lipinski definition) is 7. The van der Waals surface area contributed by atoms with Gasteiger partial charge in [0.05, 0.1) is 39.5 Å². The lowest BCUT2D eigenvalue weighted by Gasteiger charge is -2.40. The molecule has 0 aromatic heterocycles. The molecule has 8 nitrogen and oxygen atoms in total. The van der Waals surface area contributed by atoms with Crippen molar-refractivity contribution in [2.24, 2.45) is 0 Å². The zero-order valence-electron chi connectivity index (χ0n) is 18.6. The van der Waals surface area contributed by atoms with Gasteiger partial charge in [0.25, 0.3) is 0 Å². The number of nitrogens with zero attached hydrogens (tertiary/aromatic N) is 1. The number of likely N-dealkylation sites (N-methyl/N-ethyl adjacent to an activating group) is 1. The van der Waals surface area contributed by atoms with E-state index in [2.05, 4.69) is 6.92 Å². The number of rotatable bonds is 7. The van der Waals surface area contributed by atoms with Crippen LogP contribution in [0.15, 0.2) is 0 Å². The molecule has 4 rings (SSSR count). The van der Waals surface area contributed by atoms with E-state index >= 15 is 0 Å². The Morgan fingerprint density at radius 2 is 1.55 bits per heavy atom. The van der Waals surface area contributed by atoms with Crippen LogP contribution in [0.1, 0.15) is 41.0 Å². The molecule has 4 saturated heterocycles. The third-order valence-corrected chi connectivity index (χ3v) is 6.54. The predicted molar refractivity (Wildman–Crippen MR) is 104 cm³/mol. The van der Waals surface area contributed by atoms with Crippen molar-refractivity contribution in [2.75, 3.05) is 52.6 Å². The summed E-state index contributed by atoms with van der Waals surface area (Å²) in [5.74, 6) is -1.36. The van der Waals surface area contributed by atoms with Crippen LogP contribution in [0.3, 0.4) is 0 Å². The van der Waals surface area contributed by atoms with E-state index < -0.39 is 17.9 Å². The molecule has 0 spiro atoms. The smallest absolute Gasteiger partial charge is 0.190 e. The average molecular weight is 417 g/mol. The van der Waals surface area contributed by atoms with Gasteiger partial charge < -0.3 is 37.6 Å². The van der Waals surface area contributed by atoms with Gasteiger partial charge in [-0.25, -0.2) is 0 Å². The minimum absolute atomic E-state index is 0.221. The van der Waals surface area contributed by atoms with Gasteiger partial charge in [0.1, 0.15) is 37.5 Å². The molecular formula is C21H38NO7+. The highest BCUT2D eigenvalue weighted by molar-refractivity contribution is 5.00. The second-order valence-corrected chi connectivity index (χ2v) is 9.58. The van der Waals surface area contributed by atoms with Gasteiger partial charge in [-0.05, 0) is 34.6 Å². The van der Waals surface area contributed by atoms with E-state index in [-0.39, 0.29) is 24.4 Å². The minimum atomic E-state index is -0.693. The van der Waals surface area contributed by atoms with Gasteiger partial charge in [-0.1, -0.05) is 0 Å². The lowest BCUT2D eigenvalue weighted by molar-refractivity contribution is -0.933. The van der Waals surface area contributed by atoms with E-state index in [1.165, 1.54) is 0 Å². The van der Waals surface area contributed by atoms with Crippen molar-refractivity contribution in [2.45, 2.75) is 83.3 Å². The molecule has 0 aromatic rings. The number of ether oxygens (including phenoxy) is 7. The normalized spacial score (nSPS) is 39.8. The molecule has 0 bridgehead atoms. The van der Waals surface area contributed by atoms with E-state index in [1.807, 2.05) is 27.7 Å². The maximum Gasteiger partial charge on any atom is 0.190 e. The maximum atomic E-state index is 6.19. The summed E-state index contributed by atoms with van der Waals surface area (Å²) in [6.45, 7) is 17.3. The van der Waals surface area contributed by atoms with Crippen molar-refractivity contribution < 1.29 is 37.6 Å². The van der Waals surface area contributed by atoms with Gasteiger partial charge in [0.2, 0.25) is 0 Å². The molecule has 29 heavy (non-hydrogen) atoms. The van der Waals surface area contributed by atoms with E-state index in [0.29, 0.717) is 13.2 Å². The first kappa shape index (κ1) is 21.9. The Kier molecular flexibility index (Phi) is 6.28. The second-order valence-electron chi connectivity index (χ2n) is 9.58.